The summed E-state index contributed by atoms with van der Waals surface area (Å²) in [4.78, 5) is 0. The predicted octanol–water partition coefficient (Wildman–Crippen LogP) is 3.87. The van der Waals surface area contributed by atoms with Gasteiger partial charge in [-0.05, 0) is 54.8 Å². The molecule has 2 aromatic rings. The Morgan fingerprint density at radius 3 is 2.50 bits per heavy atom. The highest BCUT2D eigenvalue weighted by Gasteiger charge is 2.08. The maximum atomic E-state index is 13.8. The number of halogens is 2. The third kappa shape index (κ3) is 3.33. The fourth-order valence-corrected chi connectivity index (χ4v) is 1.89. The van der Waals surface area contributed by atoms with Crippen LogP contribution in [0.5, 0.6) is 5.75 Å². The van der Waals surface area contributed by atoms with E-state index < -0.39 is 5.82 Å². The molecule has 20 heavy (non-hydrogen) atoms. The SMILES string of the molecule is Cc1cc(F)ccc1COc1ccc([C@@H](C)N)cc1F. The molecule has 0 aliphatic carbocycles. The van der Waals surface area contributed by atoms with Crippen molar-refractivity contribution < 1.29 is 13.5 Å². The van der Waals surface area contributed by atoms with E-state index >= 15 is 0 Å². The first kappa shape index (κ1) is 14.5. The standard InChI is InChI=1S/C16H17F2NO/c1-10-7-14(17)5-3-13(10)9-20-16-6-4-12(11(2)19)8-15(16)18/h3-8,11H,9,19H2,1-2H3/t11-/m1/s1. The molecule has 106 valence electrons. The monoisotopic (exact) mass is 277 g/mol. The van der Waals surface area contributed by atoms with Gasteiger partial charge in [0.1, 0.15) is 12.4 Å². The summed E-state index contributed by atoms with van der Waals surface area (Å²) in [6, 6.07) is 8.87. The molecule has 0 aliphatic rings. The Hall–Kier alpha value is -1.94. The Balaban J connectivity index is 2.11. The van der Waals surface area contributed by atoms with Crippen molar-refractivity contribution in [2.75, 3.05) is 0 Å². The average Bonchev–Trinajstić information content (AvgIpc) is 2.38. The van der Waals surface area contributed by atoms with Crippen LogP contribution < -0.4 is 10.5 Å². The molecule has 2 nitrogen and oxygen atoms in total. The fraction of sp³-hybridized carbons (Fsp3) is 0.250. The lowest BCUT2D eigenvalue weighted by molar-refractivity contribution is 0.289. The topological polar surface area (TPSA) is 35.2 Å². The van der Waals surface area contributed by atoms with Crippen molar-refractivity contribution in [2.45, 2.75) is 26.5 Å². The van der Waals surface area contributed by atoms with Crippen LogP contribution in [0.25, 0.3) is 0 Å². The molecular weight excluding hydrogens is 260 g/mol. The number of hydrogen-bond donors (Lipinski definition) is 1. The second-order valence-electron chi connectivity index (χ2n) is 4.84. The summed E-state index contributed by atoms with van der Waals surface area (Å²) in [5.41, 5.74) is 8.00. The Morgan fingerprint density at radius 1 is 1.15 bits per heavy atom. The van der Waals surface area contributed by atoms with Gasteiger partial charge in [-0.15, -0.1) is 0 Å². The second kappa shape index (κ2) is 6.01. The van der Waals surface area contributed by atoms with Gasteiger partial charge in [0.05, 0.1) is 0 Å². The van der Waals surface area contributed by atoms with Crippen LogP contribution in [-0.2, 0) is 6.61 Å². The zero-order valence-electron chi connectivity index (χ0n) is 11.5. The minimum absolute atomic E-state index is 0.165. The molecule has 0 unspecified atom stereocenters. The third-order valence-electron chi connectivity index (χ3n) is 3.17. The third-order valence-corrected chi connectivity index (χ3v) is 3.17. The van der Waals surface area contributed by atoms with Gasteiger partial charge in [-0.3, -0.25) is 0 Å². The molecule has 2 aromatic carbocycles. The van der Waals surface area contributed by atoms with Gasteiger partial charge in [0.15, 0.2) is 11.6 Å². The van der Waals surface area contributed by atoms with Gasteiger partial charge in [0, 0.05) is 6.04 Å². The van der Waals surface area contributed by atoms with Crippen LogP contribution in [0, 0.1) is 18.6 Å². The van der Waals surface area contributed by atoms with E-state index in [4.69, 9.17) is 10.5 Å². The molecule has 0 radical (unpaired) electrons. The van der Waals surface area contributed by atoms with Gasteiger partial charge < -0.3 is 10.5 Å². The van der Waals surface area contributed by atoms with Crippen LogP contribution in [0.15, 0.2) is 36.4 Å². The molecule has 2 rings (SSSR count). The van der Waals surface area contributed by atoms with E-state index in [0.717, 1.165) is 11.1 Å². The second-order valence-corrected chi connectivity index (χ2v) is 4.84. The molecule has 0 saturated carbocycles. The van der Waals surface area contributed by atoms with Gasteiger partial charge in [-0.1, -0.05) is 12.1 Å². The summed E-state index contributed by atoms with van der Waals surface area (Å²) in [6.07, 6.45) is 0. The lowest BCUT2D eigenvalue weighted by atomic mass is 10.1. The van der Waals surface area contributed by atoms with E-state index in [1.54, 1.807) is 32.0 Å². The number of ether oxygens (including phenoxy) is 1. The fourth-order valence-electron chi connectivity index (χ4n) is 1.89. The Kier molecular flexibility index (Phi) is 4.35. The highest BCUT2D eigenvalue weighted by molar-refractivity contribution is 5.32. The summed E-state index contributed by atoms with van der Waals surface area (Å²) in [7, 11) is 0. The molecule has 0 amide bonds. The van der Waals surface area contributed by atoms with Crippen molar-refractivity contribution >= 4 is 0 Å². The van der Waals surface area contributed by atoms with E-state index in [0.29, 0.717) is 5.56 Å². The van der Waals surface area contributed by atoms with E-state index in [-0.39, 0.29) is 24.2 Å². The number of hydrogen-bond acceptors (Lipinski definition) is 2. The lowest BCUT2D eigenvalue weighted by Crippen LogP contribution is -2.06. The molecule has 0 spiro atoms. The maximum Gasteiger partial charge on any atom is 0.165 e. The van der Waals surface area contributed by atoms with Crippen LogP contribution in [-0.4, -0.2) is 0 Å². The molecule has 2 N–H and O–H groups in total. The van der Waals surface area contributed by atoms with Crippen LogP contribution >= 0.6 is 0 Å². The van der Waals surface area contributed by atoms with Crippen LogP contribution in [0.4, 0.5) is 8.78 Å². The van der Waals surface area contributed by atoms with Gasteiger partial charge >= 0.3 is 0 Å². The van der Waals surface area contributed by atoms with Crippen molar-refractivity contribution in [2.24, 2.45) is 5.73 Å². The first-order valence-electron chi connectivity index (χ1n) is 6.40. The molecule has 4 heteroatoms. The Labute approximate surface area is 117 Å². The molecule has 0 saturated heterocycles. The molecule has 0 heterocycles. The Morgan fingerprint density at radius 2 is 1.90 bits per heavy atom. The van der Waals surface area contributed by atoms with Crippen molar-refractivity contribution in [1.29, 1.82) is 0 Å². The summed E-state index contributed by atoms with van der Waals surface area (Å²) in [5.74, 6) is -0.573. The zero-order chi connectivity index (χ0) is 14.7. The van der Waals surface area contributed by atoms with E-state index in [9.17, 15) is 8.78 Å². The van der Waals surface area contributed by atoms with E-state index in [1.165, 1.54) is 18.2 Å². The molecule has 0 bridgehead atoms. The molecule has 0 fully saturated rings. The number of benzene rings is 2. The van der Waals surface area contributed by atoms with E-state index in [2.05, 4.69) is 0 Å². The number of nitrogens with two attached hydrogens (primary N) is 1. The number of rotatable bonds is 4. The summed E-state index contributed by atoms with van der Waals surface area (Å²) >= 11 is 0. The highest BCUT2D eigenvalue weighted by Crippen LogP contribution is 2.22. The summed E-state index contributed by atoms with van der Waals surface area (Å²) in [5, 5.41) is 0. The van der Waals surface area contributed by atoms with Crippen LogP contribution in [0.3, 0.4) is 0 Å². The molecular formula is C16H17F2NO. The first-order valence-corrected chi connectivity index (χ1v) is 6.40. The van der Waals surface area contributed by atoms with Gasteiger partial charge in [0.25, 0.3) is 0 Å². The largest absolute Gasteiger partial charge is 0.486 e. The van der Waals surface area contributed by atoms with Crippen LogP contribution in [0.2, 0.25) is 0 Å². The average molecular weight is 277 g/mol. The van der Waals surface area contributed by atoms with Crippen molar-refractivity contribution in [3.8, 4) is 5.75 Å². The van der Waals surface area contributed by atoms with Crippen molar-refractivity contribution in [3.05, 3.63) is 64.7 Å². The van der Waals surface area contributed by atoms with Gasteiger partial charge in [-0.2, -0.15) is 0 Å². The van der Waals surface area contributed by atoms with E-state index in [1.807, 2.05) is 0 Å². The number of aryl methyl sites for hydroxylation is 1. The normalized spacial score (nSPS) is 12.2. The van der Waals surface area contributed by atoms with Crippen LogP contribution in [0.1, 0.15) is 29.7 Å². The smallest absolute Gasteiger partial charge is 0.165 e. The lowest BCUT2D eigenvalue weighted by Gasteiger charge is -2.11. The maximum absolute atomic E-state index is 13.8. The minimum Gasteiger partial charge on any atom is -0.486 e. The zero-order valence-corrected chi connectivity index (χ0v) is 11.5. The Bertz CT molecular complexity index is 611. The van der Waals surface area contributed by atoms with Crippen molar-refractivity contribution in [1.82, 2.24) is 0 Å². The molecule has 1 atom stereocenters. The van der Waals surface area contributed by atoms with Gasteiger partial charge in [-0.25, -0.2) is 8.78 Å². The summed E-state index contributed by atoms with van der Waals surface area (Å²) in [6.45, 7) is 3.77. The highest BCUT2D eigenvalue weighted by atomic mass is 19.1. The first-order chi connectivity index (χ1) is 9.47. The molecule has 0 aromatic heterocycles. The quantitative estimate of drug-likeness (QED) is 0.920. The minimum atomic E-state index is -0.445. The molecule has 0 aliphatic heterocycles. The van der Waals surface area contributed by atoms with Gasteiger partial charge in [0.2, 0.25) is 0 Å². The van der Waals surface area contributed by atoms with Crippen molar-refractivity contribution in [3.63, 3.8) is 0 Å². The predicted molar refractivity (Wildman–Crippen MR) is 74.5 cm³/mol. The summed E-state index contributed by atoms with van der Waals surface area (Å²) < 4.78 is 32.3.